The summed E-state index contributed by atoms with van der Waals surface area (Å²) in [6, 6.07) is 14.9. The highest BCUT2D eigenvalue weighted by atomic mass is 19.1. The highest BCUT2D eigenvalue weighted by molar-refractivity contribution is 6.04. The van der Waals surface area contributed by atoms with Crippen molar-refractivity contribution in [2.45, 2.75) is 6.61 Å². The van der Waals surface area contributed by atoms with Crippen LogP contribution in [0.25, 0.3) is 0 Å². The average Bonchev–Trinajstić information content (AvgIpc) is 3.27. The molecule has 0 aliphatic rings. The van der Waals surface area contributed by atoms with Crippen molar-refractivity contribution in [1.82, 2.24) is 5.32 Å². The fourth-order valence-corrected chi connectivity index (χ4v) is 2.31. The Hall–Kier alpha value is -3.94. The third-order valence-corrected chi connectivity index (χ3v) is 3.72. The zero-order valence-electron chi connectivity index (χ0n) is 15.1. The molecule has 0 unspecified atom stereocenters. The quantitative estimate of drug-likeness (QED) is 0.616. The maximum absolute atomic E-state index is 12.9. The lowest BCUT2D eigenvalue weighted by atomic mass is 10.2. The van der Waals surface area contributed by atoms with E-state index in [1.807, 2.05) is 5.32 Å². The summed E-state index contributed by atoms with van der Waals surface area (Å²) in [6.45, 7) is -0.442. The average molecular weight is 397 g/mol. The summed E-state index contributed by atoms with van der Waals surface area (Å²) in [5.41, 5.74) is 0.934. The van der Waals surface area contributed by atoms with Gasteiger partial charge in [-0.1, -0.05) is 18.2 Å². The van der Waals surface area contributed by atoms with Crippen LogP contribution in [0.3, 0.4) is 0 Å². The molecule has 0 saturated carbocycles. The number of nitrogens with one attached hydrogen (secondary N) is 1. The number of amides is 2. The molecule has 7 nitrogen and oxygen atoms in total. The van der Waals surface area contributed by atoms with Crippen molar-refractivity contribution in [3.05, 3.63) is 89.6 Å². The molecule has 0 aliphatic heterocycles. The van der Waals surface area contributed by atoms with Crippen LogP contribution < -0.4 is 10.1 Å². The molecule has 1 heterocycles. The van der Waals surface area contributed by atoms with E-state index in [2.05, 4.69) is 0 Å². The maximum atomic E-state index is 12.9. The third-order valence-electron chi connectivity index (χ3n) is 3.72. The van der Waals surface area contributed by atoms with Crippen LogP contribution in [0, 0.1) is 5.82 Å². The zero-order chi connectivity index (χ0) is 20.6. The molecule has 2 aromatic carbocycles. The number of carbonyl (C=O) groups excluding carboxylic acids is 3. The first kappa shape index (κ1) is 19.8. The molecule has 0 saturated heterocycles. The van der Waals surface area contributed by atoms with E-state index in [-0.39, 0.29) is 23.7 Å². The van der Waals surface area contributed by atoms with Crippen LogP contribution in [0.1, 0.15) is 26.5 Å². The molecule has 0 bridgehead atoms. The summed E-state index contributed by atoms with van der Waals surface area (Å²) < 4.78 is 28.3. The number of furan rings is 1. The summed E-state index contributed by atoms with van der Waals surface area (Å²) in [7, 11) is 0. The molecule has 3 rings (SSSR count). The summed E-state index contributed by atoms with van der Waals surface area (Å²) >= 11 is 0. The first-order chi connectivity index (χ1) is 14.0. The Morgan fingerprint density at radius 1 is 1.00 bits per heavy atom. The van der Waals surface area contributed by atoms with E-state index in [0.717, 1.165) is 5.56 Å². The van der Waals surface area contributed by atoms with E-state index in [0.29, 0.717) is 5.75 Å². The smallest absolute Gasteiger partial charge is 0.338 e. The van der Waals surface area contributed by atoms with E-state index >= 15 is 0 Å². The van der Waals surface area contributed by atoms with Crippen LogP contribution in [-0.2, 0) is 16.1 Å². The summed E-state index contributed by atoms with van der Waals surface area (Å²) in [6.07, 6.45) is 1.30. The lowest BCUT2D eigenvalue weighted by Gasteiger charge is -2.08. The van der Waals surface area contributed by atoms with Gasteiger partial charge in [-0.3, -0.25) is 14.9 Å². The van der Waals surface area contributed by atoms with Crippen LogP contribution in [0.5, 0.6) is 5.75 Å². The maximum Gasteiger partial charge on any atom is 0.338 e. The van der Waals surface area contributed by atoms with Gasteiger partial charge in [0.15, 0.2) is 12.4 Å². The first-order valence-corrected chi connectivity index (χ1v) is 8.53. The Morgan fingerprint density at radius 2 is 1.79 bits per heavy atom. The second kappa shape index (κ2) is 9.32. The number of rotatable bonds is 7. The minimum Gasteiger partial charge on any atom is -0.489 e. The van der Waals surface area contributed by atoms with E-state index in [1.54, 1.807) is 24.3 Å². The van der Waals surface area contributed by atoms with Crippen molar-refractivity contribution < 1.29 is 32.7 Å². The molecule has 0 atom stereocenters. The second-order valence-electron chi connectivity index (χ2n) is 5.87. The number of hydrogen-bond donors (Lipinski definition) is 1. The molecular weight excluding hydrogens is 381 g/mol. The van der Waals surface area contributed by atoms with Gasteiger partial charge >= 0.3 is 5.97 Å². The lowest BCUT2D eigenvalue weighted by Crippen LogP contribution is -2.33. The molecule has 2 amide bonds. The van der Waals surface area contributed by atoms with Gasteiger partial charge < -0.3 is 13.9 Å². The van der Waals surface area contributed by atoms with E-state index in [4.69, 9.17) is 13.9 Å². The Kier molecular flexibility index (Phi) is 6.36. The number of benzene rings is 2. The monoisotopic (exact) mass is 397 g/mol. The van der Waals surface area contributed by atoms with Gasteiger partial charge in [-0.05, 0) is 48.0 Å². The van der Waals surface area contributed by atoms with Crippen molar-refractivity contribution in [2.24, 2.45) is 0 Å². The fraction of sp³-hybridized carbons (Fsp3) is 0.0952. The summed E-state index contributed by atoms with van der Waals surface area (Å²) in [5.74, 6) is -2.24. The molecule has 3 aromatic rings. The third kappa shape index (κ3) is 5.77. The fourth-order valence-electron chi connectivity index (χ4n) is 2.31. The molecule has 1 aromatic heterocycles. The molecule has 8 heteroatoms. The number of esters is 1. The highest BCUT2D eigenvalue weighted by Crippen LogP contribution is 2.16. The van der Waals surface area contributed by atoms with Gasteiger partial charge in [0.1, 0.15) is 18.2 Å². The van der Waals surface area contributed by atoms with Crippen LogP contribution in [0.4, 0.5) is 4.39 Å². The predicted molar refractivity (Wildman–Crippen MR) is 98.6 cm³/mol. The van der Waals surface area contributed by atoms with Crippen LogP contribution >= 0.6 is 0 Å². The lowest BCUT2D eigenvalue weighted by molar-refractivity contribution is -0.123. The van der Waals surface area contributed by atoms with Gasteiger partial charge in [-0.2, -0.15) is 0 Å². The van der Waals surface area contributed by atoms with Crippen LogP contribution in [-0.4, -0.2) is 24.4 Å². The Balaban J connectivity index is 1.50. The molecule has 1 N–H and O–H groups in total. The van der Waals surface area contributed by atoms with Crippen LogP contribution in [0.2, 0.25) is 0 Å². The van der Waals surface area contributed by atoms with Crippen molar-refractivity contribution in [1.29, 1.82) is 0 Å². The van der Waals surface area contributed by atoms with Gasteiger partial charge in [0.2, 0.25) is 0 Å². The van der Waals surface area contributed by atoms with Crippen molar-refractivity contribution in [2.75, 3.05) is 6.61 Å². The first-order valence-electron chi connectivity index (χ1n) is 8.53. The molecule has 0 spiro atoms. The molecule has 0 aliphatic carbocycles. The van der Waals surface area contributed by atoms with Gasteiger partial charge in [0, 0.05) is 0 Å². The number of imide groups is 1. The Labute approximate surface area is 165 Å². The normalized spacial score (nSPS) is 10.2. The zero-order valence-corrected chi connectivity index (χ0v) is 15.1. The Morgan fingerprint density at radius 3 is 2.52 bits per heavy atom. The minimum absolute atomic E-state index is 0.0318. The largest absolute Gasteiger partial charge is 0.489 e. The van der Waals surface area contributed by atoms with E-state index in [9.17, 15) is 18.8 Å². The predicted octanol–water partition coefficient (Wildman–Crippen LogP) is 3.11. The van der Waals surface area contributed by atoms with Gasteiger partial charge in [0.25, 0.3) is 11.8 Å². The Bertz CT molecular complexity index is 998. The van der Waals surface area contributed by atoms with Crippen molar-refractivity contribution in [3.63, 3.8) is 0 Å². The van der Waals surface area contributed by atoms with Gasteiger partial charge in [-0.25, -0.2) is 9.18 Å². The van der Waals surface area contributed by atoms with Gasteiger partial charge in [0.05, 0.1) is 11.8 Å². The molecule has 29 heavy (non-hydrogen) atoms. The van der Waals surface area contributed by atoms with Gasteiger partial charge in [-0.15, -0.1) is 0 Å². The second-order valence-corrected chi connectivity index (χ2v) is 5.87. The summed E-state index contributed by atoms with van der Waals surface area (Å²) in [5, 5.41) is 2.04. The van der Waals surface area contributed by atoms with Crippen molar-refractivity contribution >= 4 is 17.8 Å². The molecule has 0 radical (unpaired) electrons. The molecular formula is C21H16FNO6. The van der Waals surface area contributed by atoms with E-state index < -0.39 is 24.4 Å². The highest BCUT2D eigenvalue weighted by Gasteiger charge is 2.15. The minimum atomic E-state index is -0.788. The van der Waals surface area contributed by atoms with E-state index in [1.165, 1.54) is 42.7 Å². The molecule has 0 fully saturated rings. The standard InChI is InChI=1S/C21H16FNO6/c22-16-8-6-14(7-9-16)12-28-17-4-1-3-15(11-17)21(26)29-13-19(24)23-20(25)18-5-2-10-27-18/h1-11H,12-13H2,(H,23,24,25). The number of ether oxygens (including phenoxy) is 2. The SMILES string of the molecule is O=C(COC(=O)c1cccc(OCc2ccc(F)cc2)c1)NC(=O)c1ccco1. The topological polar surface area (TPSA) is 94.8 Å². The number of carbonyl (C=O) groups is 3. The number of hydrogen-bond acceptors (Lipinski definition) is 6. The summed E-state index contributed by atoms with van der Waals surface area (Å²) in [4.78, 5) is 35.5. The number of halogens is 1. The van der Waals surface area contributed by atoms with Crippen molar-refractivity contribution in [3.8, 4) is 5.75 Å². The van der Waals surface area contributed by atoms with Crippen LogP contribution in [0.15, 0.2) is 71.3 Å². The molecule has 148 valence electrons.